The Hall–Kier alpha value is -2.85. The summed E-state index contributed by atoms with van der Waals surface area (Å²) in [6.07, 6.45) is 1.56. The van der Waals surface area contributed by atoms with Gasteiger partial charge in [-0.05, 0) is 12.5 Å². The van der Waals surface area contributed by atoms with Gasteiger partial charge in [0, 0.05) is 55.0 Å². The largest absolute Gasteiger partial charge is 0.395 e. The predicted molar refractivity (Wildman–Crippen MR) is 124 cm³/mol. The van der Waals surface area contributed by atoms with Gasteiger partial charge in [0.2, 0.25) is 5.95 Å². The number of aliphatic hydroxyl groups is 1. The van der Waals surface area contributed by atoms with Crippen molar-refractivity contribution in [3.05, 3.63) is 42.2 Å². The maximum absolute atomic E-state index is 11.8. The number of rotatable bonds is 8. The predicted octanol–water partition coefficient (Wildman–Crippen LogP) is 1.42. The Morgan fingerprint density at radius 2 is 1.90 bits per heavy atom. The van der Waals surface area contributed by atoms with E-state index in [1.807, 2.05) is 18.2 Å². The summed E-state index contributed by atoms with van der Waals surface area (Å²) < 4.78 is 11.8. The van der Waals surface area contributed by atoms with Gasteiger partial charge in [0.05, 0.1) is 6.61 Å². The van der Waals surface area contributed by atoms with Gasteiger partial charge in [-0.1, -0.05) is 30.3 Å². The van der Waals surface area contributed by atoms with Crippen LogP contribution in [0, 0.1) is 0 Å². The minimum atomic E-state index is -0.789. The summed E-state index contributed by atoms with van der Waals surface area (Å²) in [5, 5.41) is 12.3. The third kappa shape index (κ3) is 4.91. The highest BCUT2D eigenvalue weighted by Gasteiger charge is 2.23. The van der Waals surface area contributed by atoms with E-state index in [1.165, 1.54) is 5.56 Å². The van der Waals surface area contributed by atoms with Crippen LogP contribution in [0.4, 0.5) is 17.6 Å². The summed E-state index contributed by atoms with van der Waals surface area (Å²) in [4.78, 5) is 22.8. The van der Waals surface area contributed by atoms with Crippen molar-refractivity contribution < 1.29 is 9.32 Å². The van der Waals surface area contributed by atoms with Crippen molar-refractivity contribution in [1.82, 2.24) is 19.9 Å². The number of anilines is 3. The fraction of sp³-hybridized carbons (Fsp3) is 0.429. The minimum Gasteiger partial charge on any atom is -0.395 e. The summed E-state index contributed by atoms with van der Waals surface area (Å²) in [5.74, 6) is 3.10. The van der Waals surface area contributed by atoms with E-state index in [0.29, 0.717) is 60.5 Å². The Kier molecular flexibility index (Phi) is 6.88. The van der Waals surface area contributed by atoms with Gasteiger partial charge in [0.1, 0.15) is 17.4 Å². The molecule has 1 fully saturated rings. The third-order valence-electron chi connectivity index (χ3n) is 5.21. The molecule has 2 aromatic heterocycles. The summed E-state index contributed by atoms with van der Waals surface area (Å²) in [5.41, 5.74) is 2.53. The first-order valence-corrected chi connectivity index (χ1v) is 11.9. The van der Waals surface area contributed by atoms with Crippen LogP contribution in [0.25, 0.3) is 11.0 Å². The summed E-state index contributed by atoms with van der Waals surface area (Å²) in [7, 11) is -0.789. The molecular weight excluding hydrogens is 414 g/mol. The van der Waals surface area contributed by atoms with Crippen LogP contribution in [-0.4, -0.2) is 73.5 Å². The number of hydrogen-bond acceptors (Lipinski definition) is 9. The minimum absolute atomic E-state index is 0.0212. The van der Waals surface area contributed by atoms with Gasteiger partial charge in [-0.3, -0.25) is 4.21 Å². The van der Waals surface area contributed by atoms with Crippen LogP contribution in [0.5, 0.6) is 0 Å². The first kappa shape index (κ1) is 21.4. The zero-order chi connectivity index (χ0) is 21.6. The lowest BCUT2D eigenvalue weighted by Crippen LogP contribution is -2.38. The molecule has 0 unspecified atom stereocenters. The van der Waals surface area contributed by atoms with Gasteiger partial charge in [-0.15, -0.1) is 0 Å². The summed E-state index contributed by atoms with van der Waals surface area (Å²) in [6.45, 7) is 5.17. The number of hydrogen-bond donors (Lipinski definition) is 2. The Balaban J connectivity index is 1.78. The fourth-order valence-electron chi connectivity index (χ4n) is 3.61. The number of nitrogens with one attached hydrogen (secondary N) is 1. The maximum Gasteiger partial charge on any atom is 0.225 e. The van der Waals surface area contributed by atoms with E-state index in [-0.39, 0.29) is 6.61 Å². The zero-order valence-corrected chi connectivity index (χ0v) is 18.4. The molecule has 3 heterocycles. The zero-order valence-electron chi connectivity index (χ0n) is 17.6. The molecule has 1 aliphatic heterocycles. The van der Waals surface area contributed by atoms with Crippen molar-refractivity contribution in [3.63, 3.8) is 0 Å². The molecule has 2 N–H and O–H groups in total. The molecule has 0 atom stereocenters. The normalized spacial score (nSPS) is 14.7. The molecule has 0 spiro atoms. The van der Waals surface area contributed by atoms with Crippen LogP contribution < -0.4 is 15.1 Å². The van der Waals surface area contributed by atoms with E-state index in [4.69, 9.17) is 4.98 Å². The molecule has 9 nitrogen and oxygen atoms in total. The van der Waals surface area contributed by atoms with Gasteiger partial charge in [-0.2, -0.15) is 4.98 Å². The highest BCUT2D eigenvalue weighted by atomic mass is 32.2. The third-order valence-corrected chi connectivity index (χ3v) is 6.49. The van der Waals surface area contributed by atoms with E-state index in [0.717, 1.165) is 12.4 Å². The Morgan fingerprint density at radius 3 is 2.61 bits per heavy atom. The van der Waals surface area contributed by atoms with Gasteiger partial charge in [-0.25, -0.2) is 15.0 Å². The number of aliphatic hydroxyl groups excluding tert-OH is 1. The Bertz CT molecular complexity index is 1040. The van der Waals surface area contributed by atoms with E-state index >= 15 is 0 Å². The van der Waals surface area contributed by atoms with Crippen molar-refractivity contribution in [1.29, 1.82) is 0 Å². The van der Waals surface area contributed by atoms with Crippen LogP contribution in [0.3, 0.4) is 0 Å². The molecule has 31 heavy (non-hydrogen) atoms. The molecule has 1 aliphatic rings. The maximum atomic E-state index is 11.8. The Morgan fingerprint density at radius 1 is 1.13 bits per heavy atom. The molecule has 1 saturated heterocycles. The highest BCUT2D eigenvalue weighted by molar-refractivity contribution is 7.85. The second-order valence-corrected chi connectivity index (χ2v) is 8.95. The molecule has 1 aromatic carbocycles. The molecule has 0 saturated carbocycles. The number of benzene rings is 1. The number of fused-ring (bicyclic) bond motifs is 1. The monoisotopic (exact) mass is 441 g/mol. The van der Waals surface area contributed by atoms with Crippen molar-refractivity contribution in [2.45, 2.75) is 13.5 Å². The second-order valence-electron chi connectivity index (χ2n) is 7.25. The quantitative estimate of drug-likeness (QED) is 0.536. The molecule has 0 bridgehead atoms. The molecule has 164 valence electrons. The van der Waals surface area contributed by atoms with Crippen molar-refractivity contribution in [3.8, 4) is 0 Å². The molecule has 10 heteroatoms. The topological polar surface area (TPSA) is 107 Å². The standard InChI is InChI=1S/C21H27N7O2S/c1-2-27(14-16-6-4-3-5-7-16)19-18-17(23-15-24-19)20(26-21(25-18)22-8-11-29)28-9-12-31(30)13-10-28/h3-7,15,29H,2,8-14H2,1H3,(H,22,25,26). The molecule has 0 amide bonds. The Labute approximate surface area is 184 Å². The summed E-state index contributed by atoms with van der Waals surface area (Å²) in [6, 6.07) is 10.2. The smallest absolute Gasteiger partial charge is 0.225 e. The number of aromatic nitrogens is 4. The second kappa shape index (κ2) is 9.97. The van der Waals surface area contributed by atoms with Gasteiger partial charge in [0.25, 0.3) is 0 Å². The van der Waals surface area contributed by atoms with Gasteiger partial charge < -0.3 is 20.2 Å². The molecule has 0 aliphatic carbocycles. The van der Waals surface area contributed by atoms with Crippen molar-refractivity contribution in [2.24, 2.45) is 0 Å². The lowest BCUT2D eigenvalue weighted by Gasteiger charge is -2.29. The van der Waals surface area contributed by atoms with E-state index in [2.05, 4.69) is 49.1 Å². The van der Waals surface area contributed by atoms with Crippen LogP contribution in [0.2, 0.25) is 0 Å². The van der Waals surface area contributed by atoms with Crippen LogP contribution in [-0.2, 0) is 17.3 Å². The van der Waals surface area contributed by atoms with Crippen LogP contribution in [0.1, 0.15) is 12.5 Å². The fourth-order valence-corrected chi connectivity index (χ4v) is 4.66. The molecule has 3 aromatic rings. The van der Waals surface area contributed by atoms with E-state index < -0.39 is 10.8 Å². The molecular formula is C21H27N7O2S. The first-order valence-electron chi connectivity index (χ1n) is 10.5. The van der Waals surface area contributed by atoms with Crippen LogP contribution in [0.15, 0.2) is 36.7 Å². The lowest BCUT2D eigenvalue weighted by molar-refractivity contribution is 0.311. The summed E-state index contributed by atoms with van der Waals surface area (Å²) >= 11 is 0. The van der Waals surface area contributed by atoms with Gasteiger partial charge in [0.15, 0.2) is 11.6 Å². The average Bonchev–Trinajstić information content (AvgIpc) is 2.81. The van der Waals surface area contributed by atoms with Crippen LogP contribution >= 0.6 is 0 Å². The average molecular weight is 442 g/mol. The van der Waals surface area contributed by atoms with E-state index in [9.17, 15) is 9.32 Å². The van der Waals surface area contributed by atoms with E-state index in [1.54, 1.807) is 6.33 Å². The van der Waals surface area contributed by atoms with Crippen molar-refractivity contribution in [2.75, 3.05) is 59.4 Å². The van der Waals surface area contributed by atoms with Gasteiger partial charge >= 0.3 is 0 Å². The lowest BCUT2D eigenvalue weighted by atomic mass is 10.2. The molecule has 4 rings (SSSR count). The SMILES string of the molecule is CCN(Cc1ccccc1)c1ncnc2c(N3CCS(=O)CC3)nc(NCCO)nc12. The molecule has 0 radical (unpaired) electrons. The first-order chi connectivity index (χ1) is 15.2. The van der Waals surface area contributed by atoms with Crippen molar-refractivity contribution >= 4 is 39.4 Å². The number of nitrogens with zero attached hydrogens (tertiary/aromatic N) is 6. The highest BCUT2D eigenvalue weighted by Crippen LogP contribution is 2.30.